The Labute approximate surface area is 68.7 Å². The third kappa shape index (κ3) is 2.62. The number of hydrogen-bond donors (Lipinski definition) is 1. The second-order valence-electron chi connectivity index (χ2n) is 3.31. The molecule has 2 unspecified atom stereocenters. The maximum absolute atomic E-state index is 13.7. The van der Waals surface area contributed by atoms with E-state index in [4.69, 9.17) is 0 Å². The number of nitrogens with one attached hydrogen (secondary N) is 1. The molecule has 2 atom stereocenters. The molecule has 0 heterocycles. The van der Waals surface area contributed by atoms with Crippen LogP contribution in [0.2, 0.25) is 0 Å². The van der Waals surface area contributed by atoms with Crippen molar-refractivity contribution in [3.8, 4) is 0 Å². The fourth-order valence-corrected chi connectivity index (χ4v) is 0.918. The monoisotopic (exact) mass is 159 g/mol. The minimum absolute atomic E-state index is 0.0231. The average Bonchev–Trinajstić information content (AvgIpc) is 1.88. The van der Waals surface area contributed by atoms with Gasteiger partial charge in [-0.05, 0) is 26.5 Å². The Morgan fingerprint density at radius 3 is 2.45 bits per heavy atom. The van der Waals surface area contributed by atoms with Gasteiger partial charge >= 0.3 is 0 Å². The van der Waals surface area contributed by atoms with E-state index in [1.54, 1.807) is 13.8 Å². The van der Waals surface area contributed by atoms with E-state index in [0.717, 1.165) is 0 Å². The molecule has 0 saturated carbocycles. The minimum atomic E-state index is -1.25. The molecule has 1 nitrogen and oxygen atoms in total. The second-order valence-corrected chi connectivity index (χ2v) is 3.31. The van der Waals surface area contributed by atoms with Gasteiger partial charge in [0, 0.05) is 12.5 Å². The van der Waals surface area contributed by atoms with E-state index in [-0.39, 0.29) is 5.92 Å². The summed E-state index contributed by atoms with van der Waals surface area (Å²) >= 11 is 0. The van der Waals surface area contributed by atoms with Gasteiger partial charge in [0.05, 0.1) is 0 Å². The van der Waals surface area contributed by atoms with Crippen LogP contribution in [0.1, 0.15) is 20.8 Å². The van der Waals surface area contributed by atoms with Gasteiger partial charge in [0.15, 0.2) is 0 Å². The molecule has 0 spiro atoms. The van der Waals surface area contributed by atoms with E-state index in [1.807, 2.05) is 14.0 Å². The first-order valence-electron chi connectivity index (χ1n) is 3.92. The predicted molar refractivity (Wildman–Crippen MR) is 47.4 cm³/mol. The summed E-state index contributed by atoms with van der Waals surface area (Å²) in [5.41, 5.74) is -0.650. The molecule has 0 aliphatic heterocycles. The molecule has 0 amide bonds. The van der Waals surface area contributed by atoms with E-state index in [2.05, 4.69) is 11.9 Å². The van der Waals surface area contributed by atoms with Crippen LogP contribution in [0.5, 0.6) is 0 Å². The number of halogens is 1. The predicted octanol–water partition coefficient (Wildman–Crippen LogP) is 2.15. The highest BCUT2D eigenvalue weighted by Crippen LogP contribution is 2.28. The van der Waals surface area contributed by atoms with Crippen LogP contribution in [0, 0.1) is 5.92 Å². The Balaban J connectivity index is 4.17. The SMILES string of the molecule is C=C(C)C(C)(F)C(C)CNC. The lowest BCUT2D eigenvalue weighted by Crippen LogP contribution is -2.35. The molecule has 2 heteroatoms. The van der Waals surface area contributed by atoms with E-state index >= 15 is 0 Å². The molecule has 11 heavy (non-hydrogen) atoms. The highest BCUT2D eigenvalue weighted by atomic mass is 19.1. The van der Waals surface area contributed by atoms with Crippen molar-refractivity contribution >= 4 is 0 Å². The van der Waals surface area contributed by atoms with Crippen LogP contribution < -0.4 is 5.32 Å². The second kappa shape index (κ2) is 3.86. The summed E-state index contributed by atoms with van der Waals surface area (Å²) in [5.74, 6) is -0.0231. The first-order valence-corrected chi connectivity index (χ1v) is 3.92. The summed E-state index contributed by atoms with van der Waals surface area (Å²) in [6.07, 6.45) is 0. The van der Waals surface area contributed by atoms with Crippen LogP contribution in [-0.4, -0.2) is 19.3 Å². The molecule has 0 radical (unpaired) electrons. The Morgan fingerprint density at radius 2 is 2.18 bits per heavy atom. The molecule has 0 aromatic rings. The molecule has 0 aromatic heterocycles. The van der Waals surface area contributed by atoms with Gasteiger partial charge in [0.1, 0.15) is 5.67 Å². The van der Waals surface area contributed by atoms with Crippen LogP contribution in [-0.2, 0) is 0 Å². The maximum Gasteiger partial charge on any atom is 0.132 e. The average molecular weight is 159 g/mol. The standard InChI is InChI=1S/C9H18FN/c1-7(2)9(4,10)8(3)6-11-5/h8,11H,1,6H2,2-5H3. The molecule has 0 fully saturated rings. The Morgan fingerprint density at radius 1 is 1.73 bits per heavy atom. The fraction of sp³-hybridized carbons (Fsp3) is 0.778. The van der Waals surface area contributed by atoms with E-state index in [0.29, 0.717) is 12.1 Å². The molecule has 0 aliphatic carbocycles. The van der Waals surface area contributed by atoms with E-state index < -0.39 is 5.67 Å². The van der Waals surface area contributed by atoms with E-state index in [9.17, 15) is 4.39 Å². The zero-order valence-electron chi connectivity index (χ0n) is 7.87. The third-order valence-corrected chi connectivity index (χ3v) is 2.27. The van der Waals surface area contributed by atoms with Crippen molar-refractivity contribution in [3.63, 3.8) is 0 Å². The lowest BCUT2D eigenvalue weighted by atomic mass is 9.87. The zero-order chi connectivity index (χ0) is 9.07. The van der Waals surface area contributed by atoms with Crippen LogP contribution in [0.4, 0.5) is 4.39 Å². The molecular weight excluding hydrogens is 141 g/mol. The highest BCUT2D eigenvalue weighted by Gasteiger charge is 2.30. The van der Waals surface area contributed by atoms with Gasteiger partial charge in [0.25, 0.3) is 0 Å². The molecule has 0 aliphatic rings. The van der Waals surface area contributed by atoms with E-state index in [1.165, 1.54) is 0 Å². The summed E-state index contributed by atoms with van der Waals surface area (Å²) in [6, 6.07) is 0. The van der Waals surface area contributed by atoms with Gasteiger partial charge < -0.3 is 5.32 Å². The zero-order valence-corrected chi connectivity index (χ0v) is 7.87. The van der Waals surface area contributed by atoms with Gasteiger partial charge in [-0.2, -0.15) is 0 Å². The molecule has 1 N–H and O–H groups in total. The minimum Gasteiger partial charge on any atom is -0.319 e. The number of alkyl halides is 1. The van der Waals surface area contributed by atoms with Crippen molar-refractivity contribution in [1.82, 2.24) is 5.32 Å². The Kier molecular flexibility index (Phi) is 3.73. The summed E-state index contributed by atoms with van der Waals surface area (Å²) in [7, 11) is 1.82. The van der Waals surface area contributed by atoms with Crippen molar-refractivity contribution in [3.05, 3.63) is 12.2 Å². The Bertz CT molecular complexity index is 140. The molecular formula is C9H18FN. The van der Waals surface area contributed by atoms with Crippen molar-refractivity contribution < 1.29 is 4.39 Å². The number of allylic oxidation sites excluding steroid dienone is 1. The van der Waals surface area contributed by atoms with Crippen LogP contribution in [0.25, 0.3) is 0 Å². The van der Waals surface area contributed by atoms with Crippen LogP contribution >= 0.6 is 0 Å². The first-order chi connectivity index (χ1) is 4.92. The largest absolute Gasteiger partial charge is 0.319 e. The van der Waals surface area contributed by atoms with Crippen molar-refractivity contribution in [2.24, 2.45) is 5.92 Å². The lowest BCUT2D eigenvalue weighted by molar-refractivity contribution is 0.156. The van der Waals surface area contributed by atoms with Gasteiger partial charge in [-0.25, -0.2) is 4.39 Å². The highest BCUT2D eigenvalue weighted by molar-refractivity contribution is 5.09. The van der Waals surface area contributed by atoms with Gasteiger partial charge in [-0.3, -0.25) is 0 Å². The summed E-state index contributed by atoms with van der Waals surface area (Å²) in [4.78, 5) is 0. The third-order valence-electron chi connectivity index (χ3n) is 2.27. The smallest absolute Gasteiger partial charge is 0.132 e. The Hall–Kier alpha value is -0.370. The normalized spacial score (nSPS) is 19.0. The fourth-order valence-electron chi connectivity index (χ4n) is 0.918. The first kappa shape index (κ1) is 10.6. The maximum atomic E-state index is 13.7. The summed E-state index contributed by atoms with van der Waals surface area (Å²) in [6.45, 7) is 9.50. The molecule has 66 valence electrons. The van der Waals surface area contributed by atoms with Crippen LogP contribution in [0.15, 0.2) is 12.2 Å². The van der Waals surface area contributed by atoms with Crippen LogP contribution in [0.3, 0.4) is 0 Å². The van der Waals surface area contributed by atoms with Crippen molar-refractivity contribution in [2.75, 3.05) is 13.6 Å². The quantitative estimate of drug-likeness (QED) is 0.620. The molecule has 0 bridgehead atoms. The summed E-state index contributed by atoms with van der Waals surface area (Å²) < 4.78 is 13.7. The summed E-state index contributed by atoms with van der Waals surface area (Å²) in [5, 5.41) is 2.95. The number of hydrogen-bond acceptors (Lipinski definition) is 1. The topological polar surface area (TPSA) is 12.0 Å². The van der Waals surface area contributed by atoms with Crippen molar-refractivity contribution in [1.29, 1.82) is 0 Å². The molecule has 0 rings (SSSR count). The van der Waals surface area contributed by atoms with Gasteiger partial charge in [-0.15, -0.1) is 0 Å². The van der Waals surface area contributed by atoms with Crippen molar-refractivity contribution in [2.45, 2.75) is 26.4 Å². The number of rotatable bonds is 4. The molecule has 0 saturated heterocycles. The van der Waals surface area contributed by atoms with Gasteiger partial charge in [-0.1, -0.05) is 13.5 Å². The lowest BCUT2D eigenvalue weighted by Gasteiger charge is -2.27. The van der Waals surface area contributed by atoms with Gasteiger partial charge in [0.2, 0.25) is 0 Å². The molecule has 0 aromatic carbocycles.